The molecule has 0 unspecified atom stereocenters. The maximum Gasteiger partial charge on any atom is 0.226 e. The second kappa shape index (κ2) is 5.01. The van der Waals surface area contributed by atoms with Crippen LogP contribution < -0.4 is 4.74 Å². The SMILES string of the molecule is O=C(Cc1ccc2c(c1)CCO2)N1CCCCC1. The summed E-state index contributed by atoms with van der Waals surface area (Å²) >= 11 is 0. The summed E-state index contributed by atoms with van der Waals surface area (Å²) in [4.78, 5) is 14.2. The number of fused-ring (bicyclic) bond motifs is 1. The van der Waals surface area contributed by atoms with Gasteiger partial charge in [-0.1, -0.05) is 12.1 Å². The van der Waals surface area contributed by atoms with Crippen molar-refractivity contribution in [2.45, 2.75) is 32.1 Å². The molecular formula is C15H19NO2. The predicted molar refractivity (Wildman–Crippen MR) is 69.8 cm³/mol. The lowest BCUT2D eigenvalue weighted by Crippen LogP contribution is -2.36. The lowest BCUT2D eigenvalue weighted by Gasteiger charge is -2.26. The van der Waals surface area contributed by atoms with Crippen molar-refractivity contribution in [3.8, 4) is 5.75 Å². The number of likely N-dealkylation sites (tertiary alicyclic amines) is 1. The predicted octanol–water partition coefficient (Wildman–Crippen LogP) is 2.18. The molecule has 18 heavy (non-hydrogen) atoms. The van der Waals surface area contributed by atoms with Gasteiger partial charge >= 0.3 is 0 Å². The van der Waals surface area contributed by atoms with Crippen molar-refractivity contribution in [1.29, 1.82) is 0 Å². The van der Waals surface area contributed by atoms with E-state index in [0.29, 0.717) is 6.42 Å². The van der Waals surface area contributed by atoms with E-state index in [1.165, 1.54) is 12.0 Å². The Labute approximate surface area is 108 Å². The van der Waals surface area contributed by atoms with Crippen LogP contribution >= 0.6 is 0 Å². The topological polar surface area (TPSA) is 29.5 Å². The Balaban J connectivity index is 1.66. The van der Waals surface area contributed by atoms with Crippen LogP contribution in [0.25, 0.3) is 0 Å². The monoisotopic (exact) mass is 245 g/mol. The summed E-state index contributed by atoms with van der Waals surface area (Å²) in [5, 5.41) is 0. The minimum absolute atomic E-state index is 0.272. The Kier molecular flexibility index (Phi) is 3.22. The first-order chi connectivity index (χ1) is 8.83. The van der Waals surface area contributed by atoms with Gasteiger partial charge in [0.15, 0.2) is 0 Å². The molecule has 3 heteroatoms. The summed E-state index contributed by atoms with van der Waals surface area (Å²) in [6, 6.07) is 6.15. The van der Waals surface area contributed by atoms with Crippen molar-refractivity contribution in [3.63, 3.8) is 0 Å². The molecule has 0 bridgehead atoms. The fraction of sp³-hybridized carbons (Fsp3) is 0.533. The van der Waals surface area contributed by atoms with E-state index in [1.807, 2.05) is 17.0 Å². The van der Waals surface area contributed by atoms with Crippen molar-refractivity contribution < 1.29 is 9.53 Å². The van der Waals surface area contributed by atoms with E-state index in [1.54, 1.807) is 0 Å². The van der Waals surface area contributed by atoms with Crippen LogP contribution in [0.2, 0.25) is 0 Å². The second-order valence-corrected chi connectivity index (χ2v) is 5.16. The average molecular weight is 245 g/mol. The van der Waals surface area contributed by atoms with E-state index in [2.05, 4.69) is 6.07 Å². The van der Waals surface area contributed by atoms with Gasteiger partial charge in [0.25, 0.3) is 0 Å². The van der Waals surface area contributed by atoms with E-state index in [9.17, 15) is 4.79 Å². The Morgan fingerprint density at radius 3 is 2.89 bits per heavy atom. The molecule has 1 aromatic rings. The van der Waals surface area contributed by atoms with Crippen LogP contribution in [-0.4, -0.2) is 30.5 Å². The lowest BCUT2D eigenvalue weighted by molar-refractivity contribution is -0.131. The Morgan fingerprint density at radius 1 is 1.22 bits per heavy atom. The first-order valence-electron chi connectivity index (χ1n) is 6.85. The smallest absolute Gasteiger partial charge is 0.226 e. The van der Waals surface area contributed by atoms with Gasteiger partial charge in [0.05, 0.1) is 13.0 Å². The first-order valence-corrected chi connectivity index (χ1v) is 6.85. The highest BCUT2D eigenvalue weighted by molar-refractivity contribution is 5.79. The van der Waals surface area contributed by atoms with Gasteiger partial charge in [-0.25, -0.2) is 0 Å². The number of hydrogen-bond acceptors (Lipinski definition) is 2. The van der Waals surface area contributed by atoms with Crippen LogP contribution in [-0.2, 0) is 17.6 Å². The standard InChI is InChI=1S/C15H19NO2/c17-15(16-7-2-1-3-8-16)11-12-4-5-14-13(10-12)6-9-18-14/h4-5,10H,1-3,6-9,11H2. The zero-order valence-electron chi connectivity index (χ0n) is 10.7. The third-order valence-corrected chi connectivity index (χ3v) is 3.82. The van der Waals surface area contributed by atoms with Gasteiger partial charge in [0.2, 0.25) is 5.91 Å². The fourth-order valence-corrected chi connectivity index (χ4v) is 2.78. The Morgan fingerprint density at radius 2 is 2.06 bits per heavy atom. The highest BCUT2D eigenvalue weighted by Gasteiger charge is 2.18. The molecule has 0 spiro atoms. The minimum atomic E-state index is 0.272. The van der Waals surface area contributed by atoms with E-state index >= 15 is 0 Å². The van der Waals surface area contributed by atoms with E-state index < -0.39 is 0 Å². The molecule has 0 saturated carbocycles. The second-order valence-electron chi connectivity index (χ2n) is 5.16. The normalized spacial score (nSPS) is 18.3. The highest BCUT2D eigenvalue weighted by atomic mass is 16.5. The van der Waals surface area contributed by atoms with Gasteiger partial charge < -0.3 is 9.64 Å². The summed E-state index contributed by atoms with van der Waals surface area (Å²) in [7, 11) is 0. The lowest BCUT2D eigenvalue weighted by atomic mass is 10.0. The van der Waals surface area contributed by atoms with Crippen LogP contribution in [0, 0.1) is 0 Å². The molecule has 2 heterocycles. The number of nitrogens with zero attached hydrogens (tertiary/aromatic N) is 1. The molecule has 0 atom stereocenters. The number of carbonyl (C=O) groups excluding carboxylic acids is 1. The number of amides is 1. The number of carbonyl (C=O) groups is 1. The van der Waals surface area contributed by atoms with Crippen LogP contribution in [0.5, 0.6) is 5.75 Å². The fourth-order valence-electron chi connectivity index (χ4n) is 2.78. The molecule has 0 N–H and O–H groups in total. The van der Waals surface area contributed by atoms with E-state index in [0.717, 1.165) is 50.3 Å². The molecule has 3 rings (SSSR count). The average Bonchev–Trinajstić information content (AvgIpc) is 2.87. The van der Waals surface area contributed by atoms with E-state index in [-0.39, 0.29) is 5.91 Å². The van der Waals surface area contributed by atoms with Crippen molar-refractivity contribution in [1.82, 2.24) is 4.90 Å². The van der Waals surface area contributed by atoms with Crippen LogP contribution in [0.1, 0.15) is 30.4 Å². The Hall–Kier alpha value is -1.51. The zero-order valence-corrected chi connectivity index (χ0v) is 10.7. The van der Waals surface area contributed by atoms with Gasteiger partial charge in [-0.05, 0) is 36.5 Å². The maximum atomic E-state index is 12.2. The highest BCUT2D eigenvalue weighted by Crippen LogP contribution is 2.26. The van der Waals surface area contributed by atoms with Crippen LogP contribution in [0.3, 0.4) is 0 Å². The number of piperidine rings is 1. The molecule has 96 valence electrons. The van der Waals surface area contributed by atoms with Crippen molar-refractivity contribution in [3.05, 3.63) is 29.3 Å². The molecule has 2 aliphatic heterocycles. The molecular weight excluding hydrogens is 226 g/mol. The molecule has 1 aromatic carbocycles. The summed E-state index contributed by atoms with van der Waals surface area (Å²) in [5.74, 6) is 1.26. The van der Waals surface area contributed by atoms with Gasteiger partial charge in [0, 0.05) is 19.5 Å². The number of benzene rings is 1. The summed E-state index contributed by atoms with van der Waals surface area (Å²) in [6.45, 7) is 2.65. The summed E-state index contributed by atoms with van der Waals surface area (Å²) in [5.41, 5.74) is 2.37. The molecule has 0 aliphatic carbocycles. The van der Waals surface area contributed by atoms with Gasteiger partial charge in [-0.15, -0.1) is 0 Å². The van der Waals surface area contributed by atoms with Gasteiger partial charge in [-0.3, -0.25) is 4.79 Å². The molecule has 1 saturated heterocycles. The number of ether oxygens (including phenoxy) is 1. The molecule has 2 aliphatic rings. The van der Waals surface area contributed by atoms with Crippen molar-refractivity contribution in [2.24, 2.45) is 0 Å². The summed E-state index contributed by atoms with van der Waals surface area (Å²) in [6.07, 6.45) is 5.09. The quantitative estimate of drug-likeness (QED) is 0.799. The zero-order chi connectivity index (χ0) is 12.4. The molecule has 1 amide bonds. The number of rotatable bonds is 2. The molecule has 3 nitrogen and oxygen atoms in total. The third kappa shape index (κ3) is 2.35. The Bertz CT molecular complexity index is 450. The van der Waals surface area contributed by atoms with Crippen LogP contribution in [0.15, 0.2) is 18.2 Å². The molecule has 1 fully saturated rings. The van der Waals surface area contributed by atoms with E-state index in [4.69, 9.17) is 4.74 Å². The minimum Gasteiger partial charge on any atom is -0.493 e. The summed E-state index contributed by atoms with van der Waals surface area (Å²) < 4.78 is 5.48. The third-order valence-electron chi connectivity index (χ3n) is 3.82. The maximum absolute atomic E-state index is 12.2. The van der Waals surface area contributed by atoms with Crippen LogP contribution in [0.4, 0.5) is 0 Å². The van der Waals surface area contributed by atoms with Gasteiger partial charge in [-0.2, -0.15) is 0 Å². The van der Waals surface area contributed by atoms with Crippen molar-refractivity contribution in [2.75, 3.05) is 19.7 Å². The molecule has 0 radical (unpaired) electrons. The molecule has 0 aromatic heterocycles. The largest absolute Gasteiger partial charge is 0.493 e. The number of hydrogen-bond donors (Lipinski definition) is 0. The van der Waals surface area contributed by atoms with Crippen molar-refractivity contribution >= 4 is 5.91 Å². The van der Waals surface area contributed by atoms with Gasteiger partial charge in [0.1, 0.15) is 5.75 Å². The first kappa shape index (κ1) is 11.6.